The fourth-order valence-electron chi connectivity index (χ4n) is 3.27. The largest absolute Gasteiger partial charge is 0.494 e. The molecule has 0 spiro atoms. The van der Waals surface area contributed by atoms with Crippen LogP contribution in [0.5, 0.6) is 5.75 Å². The highest BCUT2D eigenvalue weighted by Crippen LogP contribution is 2.39. The summed E-state index contributed by atoms with van der Waals surface area (Å²) in [5.41, 5.74) is 0.525. The van der Waals surface area contributed by atoms with Crippen LogP contribution < -0.4 is 4.74 Å². The molecule has 112 valence electrons. The van der Waals surface area contributed by atoms with Crippen LogP contribution in [0.3, 0.4) is 0 Å². The molecule has 0 N–H and O–H groups in total. The fourth-order valence-corrected chi connectivity index (χ4v) is 3.27. The van der Waals surface area contributed by atoms with Gasteiger partial charge in [0.05, 0.1) is 7.11 Å². The molecule has 1 aliphatic carbocycles. The van der Waals surface area contributed by atoms with Crippen molar-refractivity contribution in [1.29, 1.82) is 0 Å². The Morgan fingerprint density at radius 1 is 1.10 bits per heavy atom. The molecule has 20 heavy (non-hydrogen) atoms. The van der Waals surface area contributed by atoms with Crippen molar-refractivity contribution in [3.63, 3.8) is 0 Å². The summed E-state index contributed by atoms with van der Waals surface area (Å²) in [5.74, 6) is -0.645. The Bertz CT molecular complexity index is 437. The van der Waals surface area contributed by atoms with Gasteiger partial charge in [0, 0.05) is 0 Å². The van der Waals surface area contributed by atoms with Crippen molar-refractivity contribution < 1.29 is 13.5 Å². The van der Waals surface area contributed by atoms with Crippen molar-refractivity contribution in [3.8, 4) is 5.75 Å². The van der Waals surface area contributed by atoms with E-state index in [4.69, 9.17) is 4.74 Å². The van der Waals surface area contributed by atoms with Crippen molar-refractivity contribution in [2.45, 2.75) is 57.8 Å². The van der Waals surface area contributed by atoms with Crippen molar-refractivity contribution in [2.24, 2.45) is 5.92 Å². The molecule has 1 fully saturated rings. The Labute approximate surface area is 120 Å². The lowest BCUT2D eigenvalue weighted by Gasteiger charge is -2.29. The van der Waals surface area contributed by atoms with Crippen LogP contribution >= 0.6 is 0 Å². The second-order valence-corrected chi connectivity index (χ2v) is 5.84. The van der Waals surface area contributed by atoms with Crippen LogP contribution in [-0.4, -0.2) is 7.11 Å². The Hall–Kier alpha value is -1.12. The highest BCUT2D eigenvalue weighted by molar-refractivity contribution is 5.33. The van der Waals surface area contributed by atoms with E-state index in [1.807, 2.05) is 0 Å². The standard InChI is InChI=1S/C17H24F2O/c1-3-4-5-12-6-8-13(9-7-12)14-10-11-15(20-2)17(19)16(14)18/h10-13H,3-9H2,1-2H3. The second-order valence-electron chi connectivity index (χ2n) is 5.84. The van der Waals surface area contributed by atoms with E-state index in [-0.39, 0.29) is 11.7 Å². The first-order valence-electron chi connectivity index (χ1n) is 7.69. The molecule has 2 rings (SSSR count). The molecule has 0 atom stereocenters. The molecule has 0 bridgehead atoms. The first-order chi connectivity index (χ1) is 9.67. The van der Waals surface area contributed by atoms with E-state index in [1.54, 1.807) is 6.07 Å². The van der Waals surface area contributed by atoms with E-state index < -0.39 is 11.6 Å². The Morgan fingerprint density at radius 3 is 2.40 bits per heavy atom. The monoisotopic (exact) mass is 282 g/mol. The SMILES string of the molecule is CCCCC1CCC(c2ccc(OC)c(F)c2F)CC1. The van der Waals surface area contributed by atoms with Gasteiger partial charge in [0.25, 0.3) is 0 Å². The third-order valence-electron chi connectivity index (χ3n) is 4.55. The van der Waals surface area contributed by atoms with Crippen LogP contribution in [0.15, 0.2) is 12.1 Å². The smallest absolute Gasteiger partial charge is 0.200 e. The predicted molar refractivity (Wildman–Crippen MR) is 77.1 cm³/mol. The minimum atomic E-state index is -0.849. The summed E-state index contributed by atoms with van der Waals surface area (Å²) in [4.78, 5) is 0. The number of halogens is 2. The third kappa shape index (κ3) is 3.31. The minimum absolute atomic E-state index is 0.0112. The average molecular weight is 282 g/mol. The summed E-state index contributed by atoms with van der Waals surface area (Å²) in [5, 5.41) is 0. The van der Waals surface area contributed by atoms with Crippen LogP contribution in [0, 0.1) is 17.6 Å². The van der Waals surface area contributed by atoms with Crippen LogP contribution in [-0.2, 0) is 0 Å². The number of hydrogen-bond donors (Lipinski definition) is 0. The van der Waals surface area contributed by atoms with Crippen molar-refractivity contribution in [2.75, 3.05) is 7.11 Å². The average Bonchev–Trinajstić information content (AvgIpc) is 2.48. The molecular weight excluding hydrogens is 258 g/mol. The number of benzene rings is 1. The van der Waals surface area contributed by atoms with Crippen LogP contribution in [0.25, 0.3) is 0 Å². The van der Waals surface area contributed by atoms with Gasteiger partial charge in [-0.25, -0.2) is 4.39 Å². The Morgan fingerprint density at radius 2 is 1.80 bits per heavy atom. The van der Waals surface area contributed by atoms with E-state index in [1.165, 1.54) is 32.4 Å². The Kier molecular flexibility index (Phi) is 5.38. The normalized spacial score (nSPS) is 22.8. The second kappa shape index (κ2) is 7.05. The lowest BCUT2D eigenvalue weighted by molar-refractivity contribution is 0.297. The van der Waals surface area contributed by atoms with Crippen molar-refractivity contribution in [3.05, 3.63) is 29.3 Å². The van der Waals surface area contributed by atoms with Gasteiger partial charge in [-0.3, -0.25) is 0 Å². The molecule has 0 aliphatic heterocycles. The van der Waals surface area contributed by atoms with Gasteiger partial charge in [-0.05, 0) is 49.1 Å². The summed E-state index contributed by atoms with van der Waals surface area (Å²) in [6.07, 6.45) is 8.01. The molecule has 0 unspecified atom stereocenters. The van der Waals surface area contributed by atoms with Crippen molar-refractivity contribution in [1.82, 2.24) is 0 Å². The number of unbranched alkanes of at least 4 members (excludes halogenated alkanes) is 1. The van der Waals surface area contributed by atoms with E-state index >= 15 is 0 Å². The summed E-state index contributed by atoms with van der Waals surface area (Å²) >= 11 is 0. The van der Waals surface area contributed by atoms with E-state index in [0.717, 1.165) is 31.6 Å². The number of methoxy groups -OCH3 is 1. The number of hydrogen-bond acceptors (Lipinski definition) is 1. The first-order valence-corrected chi connectivity index (χ1v) is 7.69. The maximum Gasteiger partial charge on any atom is 0.200 e. The lowest BCUT2D eigenvalue weighted by Crippen LogP contribution is -2.15. The summed E-state index contributed by atoms with van der Waals surface area (Å²) in [7, 11) is 1.36. The maximum atomic E-state index is 14.1. The van der Waals surface area contributed by atoms with Crippen molar-refractivity contribution >= 4 is 0 Å². The molecule has 1 aromatic rings. The van der Waals surface area contributed by atoms with Gasteiger partial charge in [-0.1, -0.05) is 32.3 Å². The van der Waals surface area contributed by atoms with E-state index in [0.29, 0.717) is 5.56 Å². The molecular formula is C17H24F2O. The number of ether oxygens (including phenoxy) is 1. The molecule has 1 aliphatic rings. The quantitative estimate of drug-likeness (QED) is 0.699. The van der Waals surface area contributed by atoms with E-state index in [2.05, 4.69) is 6.92 Å². The molecule has 1 saturated carbocycles. The number of rotatable bonds is 5. The van der Waals surface area contributed by atoms with Gasteiger partial charge in [0.1, 0.15) is 0 Å². The molecule has 0 heterocycles. The topological polar surface area (TPSA) is 9.23 Å². The highest BCUT2D eigenvalue weighted by atomic mass is 19.2. The molecule has 0 radical (unpaired) electrons. The first kappa shape index (κ1) is 15.3. The molecule has 0 saturated heterocycles. The zero-order chi connectivity index (χ0) is 14.5. The van der Waals surface area contributed by atoms with Gasteiger partial charge >= 0.3 is 0 Å². The van der Waals surface area contributed by atoms with Gasteiger partial charge in [-0.15, -0.1) is 0 Å². The third-order valence-corrected chi connectivity index (χ3v) is 4.55. The molecule has 3 heteroatoms. The molecule has 0 amide bonds. The zero-order valence-electron chi connectivity index (χ0n) is 12.4. The van der Waals surface area contributed by atoms with Crippen LogP contribution in [0.4, 0.5) is 8.78 Å². The summed E-state index contributed by atoms with van der Waals surface area (Å²) in [6, 6.07) is 3.23. The van der Waals surface area contributed by atoms with Crippen LogP contribution in [0.1, 0.15) is 63.4 Å². The summed E-state index contributed by atoms with van der Waals surface area (Å²) in [6.45, 7) is 2.21. The van der Waals surface area contributed by atoms with Gasteiger partial charge in [0.15, 0.2) is 11.6 Å². The maximum absolute atomic E-state index is 14.1. The van der Waals surface area contributed by atoms with Crippen LogP contribution in [0.2, 0.25) is 0 Å². The Balaban J connectivity index is 2.02. The molecule has 0 aromatic heterocycles. The minimum Gasteiger partial charge on any atom is -0.494 e. The highest BCUT2D eigenvalue weighted by Gasteiger charge is 2.26. The van der Waals surface area contributed by atoms with Gasteiger partial charge in [0.2, 0.25) is 5.82 Å². The van der Waals surface area contributed by atoms with Gasteiger partial charge < -0.3 is 4.74 Å². The predicted octanol–water partition coefficient (Wildman–Crippen LogP) is 5.44. The zero-order valence-corrected chi connectivity index (χ0v) is 12.4. The lowest BCUT2D eigenvalue weighted by atomic mass is 9.77. The summed E-state index contributed by atoms with van der Waals surface area (Å²) < 4.78 is 32.7. The fraction of sp³-hybridized carbons (Fsp3) is 0.647. The van der Waals surface area contributed by atoms with Gasteiger partial charge in [-0.2, -0.15) is 4.39 Å². The molecule has 1 nitrogen and oxygen atoms in total. The molecule has 1 aromatic carbocycles. The van der Waals surface area contributed by atoms with E-state index in [9.17, 15) is 8.78 Å².